The van der Waals surface area contributed by atoms with Gasteiger partial charge in [0.25, 0.3) is 0 Å². The van der Waals surface area contributed by atoms with Gasteiger partial charge in [-0.25, -0.2) is 4.98 Å². The molecule has 100 valence electrons. The molecule has 0 aliphatic heterocycles. The van der Waals surface area contributed by atoms with Crippen LogP contribution in [0.4, 0.5) is 0 Å². The van der Waals surface area contributed by atoms with Gasteiger partial charge in [-0.15, -0.1) is 0 Å². The molecule has 0 aliphatic rings. The molecular formula is C13H14BrN3O2. The van der Waals surface area contributed by atoms with Crippen LogP contribution in [-0.2, 0) is 9.53 Å². The number of H-pyrrole nitrogens is 1. The second-order valence-electron chi connectivity index (χ2n) is 4.02. The predicted molar refractivity (Wildman–Crippen MR) is 73.7 cm³/mol. The Morgan fingerprint density at radius 1 is 1.42 bits per heavy atom. The molecule has 1 atom stereocenters. The Morgan fingerprint density at radius 2 is 2.11 bits per heavy atom. The maximum atomic E-state index is 12.1. The number of rotatable bonds is 4. The van der Waals surface area contributed by atoms with Gasteiger partial charge in [0.2, 0.25) is 0 Å². The molecule has 1 aromatic carbocycles. The molecule has 5 nitrogen and oxygen atoms in total. The van der Waals surface area contributed by atoms with Crippen molar-refractivity contribution >= 4 is 21.9 Å². The average Bonchev–Trinajstić information content (AvgIpc) is 2.79. The number of hydrogen-bond acceptors (Lipinski definition) is 4. The highest BCUT2D eigenvalue weighted by Crippen LogP contribution is 2.25. The smallest absolute Gasteiger partial charge is 0.321 e. The Morgan fingerprint density at radius 3 is 2.63 bits per heavy atom. The highest BCUT2D eigenvalue weighted by atomic mass is 79.9. The van der Waals surface area contributed by atoms with Crippen molar-refractivity contribution in [1.29, 1.82) is 0 Å². The second kappa shape index (κ2) is 5.97. The van der Waals surface area contributed by atoms with Crippen molar-refractivity contribution < 1.29 is 9.53 Å². The van der Waals surface area contributed by atoms with E-state index in [0.717, 1.165) is 10.0 Å². The lowest BCUT2D eigenvalue weighted by molar-refractivity contribution is -0.144. The molecule has 0 saturated heterocycles. The minimum absolute atomic E-state index is 0.329. The van der Waals surface area contributed by atoms with E-state index in [0.29, 0.717) is 18.3 Å². The molecule has 0 spiro atoms. The molecule has 0 aliphatic carbocycles. The summed E-state index contributed by atoms with van der Waals surface area (Å²) in [5, 5.41) is 6.82. The summed E-state index contributed by atoms with van der Waals surface area (Å²) in [6.45, 7) is 3.90. The lowest BCUT2D eigenvalue weighted by Gasteiger charge is -2.12. The van der Waals surface area contributed by atoms with Crippen molar-refractivity contribution in [3.63, 3.8) is 0 Å². The maximum absolute atomic E-state index is 12.1. The van der Waals surface area contributed by atoms with Crippen LogP contribution in [0.1, 0.15) is 30.1 Å². The fourth-order valence-electron chi connectivity index (χ4n) is 1.76. The molecular weight excluding hydrogens is 310 g/mol. The van der Waals surface area contributed by atoms with E-state index in [4.69, 9.17) is 4.74 Å². The van der Waals surface area contributed by atoms with Gasteiger partial charge in [-0.2, -0.15) is 5.10 Å². The molecule has 2 rings (SSSR count). The van der Waals surface area contributed by atoms with Crippen molar-refractivity contribution in [3.8, 4) is 0 Å². The van der Waals surface area contributed by atoms with Gasteiger partial charge in [0.15, 0.2) is 5.82 Å². The van der Waals surface area contributed by atoms with Crippen LogP contribution >= 0.6 is 15.9 Å². The van der Waals surface area contributed by atoms with Crippen molar-refractivity contribution in [3.05, 3.63) is 46.0 Å². The Hall–Kier alpha value is -1.69. The van der Waals surface area contributed by atoms with Crippen molar-refractivity contribution in [1.82, 2.24) is 15.2 Å². The van der Waals surface area contributed by atoms with Crippen molar-refractivity contribution in [2.75, 3.05) is 6.61 Å². The molecule has 1 N–H and O–H groups in total. The Balaban J connectivity index is 2.39. The summed E-state index contributed by atoms with van der Waals surface area (Å²) in [6, 6.07) is 7.47. The molecule has 0 bridgehead atoms. The van der Waals surface area contributed by atoms with E-state index in [-0.39, 0.29) is 5.97 Å². The number of ether oxygens (including phenoxy) is 1. The number of nitrogens with one attached hydrogen (secondary N) is 1. The van der Waals surface area contributed by atoms with Gasteiger partial charge in [-0.05, 0) is 31.5 Å². The minimum Gasteiger partial charge on any atom is -0.465 e. The number of aromatic amines is 1. The second-order valence-corrected chi connectivity index (χ2v) is 4.93. The third-order valence-electron chi connectivity index (χ3n) is 2.60. The van der Waals surface area contributed by atoms with E-state index >= 15 is 0 Å². The first-order chi connectivity index (χ1) is 9.11. The quantitative estimate of drug-likeness (QED) is 0.878. The Kier molecular flexibility index (Phi) is 4.31. The van der Waals surface area contributed by atoms with Gasteiger partial charge in [0.05, 0.1) is 6.61 Å². The average molecular weight is 324 g/mol. The number of hydrogen-bond donors (Lipinski definition) is 1. The van der Waals surface area contributed by atoms with E-state index < -0.39 is 5.92 Å². The van der Waals surface area contributed by atoms with Gasteiger partial charge < -0.3 is 4.74 Å². The summed E-state index contributed by atoms with van der Waals surface area (Å²) in [5.74, 6) is 0.154. The monoisotopic (exact) mass is 323 g/mol. The normalized spacial score (nSPS) is 12.2. The van der Waals surface area contributed by atoms with E-state index in [1.165, 1.54) is 0 Å². The third-order valence-corrected chi connectivity index (χ3v) is 3.13. The van der Waals surface area contributed by atoms with Crippen LogP contribution in [0.25, 0.3) is 0 Å². The summed E-state index contributed by atoms with van der Waals surface area (Å²) in [4.78, 5) is 16.3. The Labute approximate surface area is 119 Å². The molecule has 0 radical (unpaired) electrons. The number of carbonyl (C=O) groups excluding carboxylic acids is 1. The first-order valence-corrected chi connectivity index (χ1v) is 6.72. The van der Waals surface area contributed by atoms with E-state index in [2.05, 4.69) is 31.1 Å². The van der Waals surface area contributed by atoms with Crippen molar-refractivity contribution in [2.45, 2.75) is 19.8 Å². The summed E-state index contributed by atoms with van der Waals surface area (Å²) in [7, 11) is 0. The summed E-state index contributed by atoms with van der Waals surface area (Å²) < 4.78 is 6.06. The standard InChI is InChI=1S/C13H14BrN3O2/c1-3-19-13(18)11(12-15-8(2)16-17-12)9-4-6-10(14)7-5-9/h4-7,11H,3H2,1-2H3,(H,15,16,17). The molecule has 6 heteroatoms. The summed E-state index contributed by atoms with van der Waals surface area (Å²) >= 11 is 3.37. The zero-order chi connectivity index (χ0) is 13.8. The first-order valence-electron chi connectivity index (χ1n) is 5.92. The van der Waals surface area contributed by atoms with Crippen LogP contribution in [-0.4, -0.2) is 27.8 Å². The summed E-state index contributed by atoms with van der Waals surface area (Å²) in [5.41, 5.74) is 0.806. The van der Waals surface area contributed by atoms with Crippen LogP contribution in [0.2, 0.25) is 0 Å². The van der Waals surface area contributed by atoms with Crippen LogP contribution < -0.4 is 0 Å². The number of benzene rings is 1. The zero-order valence-corrected chi connectivity index (χ0v) is 12.3. The van der Waals surface area contributed by atoms with Crippen LogP contribution in [0, 0.1) is 6.92 Å². The fourth-order valence-corrected chi connectivity index (χ4v) is 2.02. The molecule has 1 aromatic heterocycles. The van der Waals surface area contributed by atoms with E-state index in [9.17, 15) is 4.79 Å². The van der Waals surface area contributed by atoms with Crippen molar-refractivity contribution in [2.24, 2.45) is 0 Å². The predicted octanol–water partition coefficient (Wildman–Crippen LogP) is 2.57. The van der Waals surface area contributed by atoms with Crippen LogP contribution in [0.5, 0.6) is 0 Å². The molecule has 19 heavy (non-hydrogen) atoms. The number of aryl methyl sites for hydroxylation is 1. The Bertz CT molecular complexity index is 566. The lowest BCUT2D eigenvalue weighted by Crippen LogP contribution is -2.18. The van der Waals surface area contributed by atoms with Gasteiger partial charge in [0.1, 0.15) is 11.7 Å². The highest BCUT2D eigenvalue weighted by Gasteiger charge is 2.27. The van der Waals surface area contributed by atoms with Crippen LogP contribution in [0.15, 0.2) is 28.7 Å². The first kappa shape index (κ1) is 13.7. The number of carbonyl (C=O) groups is 1. The molecule has 0 fully saturated rings. The van der Waals surface area contributed by atoms with E-state index in [1.54, 1.807) is 13.8 Å². The van der Waals surface area contributed by atoms with Crippen LogP contribution in [0.3, 0.4) is 0 Å². The van der Waals surface area contributed by atoms with E-state index in [1.807, 2.05) is 24.3 Å². The fraction of sp³-hybridized carbons (Fsp3) is 0.308. The maximum Gasteiger partial charge on any atom is 0.321 e. The van der Waals surface area contributed by atoms with Gasteiger partial charge in [0, 0.05) is 4.47 Å². The number of nitrogens with zero attached hydrogens (tertiary/aromatic N) is 2. The molecule has 1 heterocycles. The van der Waals surface area contributed by atoms with Gasteiger partial charge >= 0.3 is 5.97 Å². The van der Waals surface area contributed by atoms with Gasteiger partial charge in [-0.3, -0.25) is 9.89 Å². The molecule has 0 amide bonds. The number of aromatic nitrogens is 3. The third kappa shape index (κ3) is 3.20. The highest BCUT2D eigenvalue weighted by molar-refractivity contribution is 9.10. The minimum atomic E-state index is -0.599. The molecule has 2 aromatic rings. The SMILES string of the molecule is CCOC(=O)C(c1ccc(Br)cc1)c1n[nH]c(C)n1. The summed E-state index contributed by atoms with van der Waals surface area (Å²) in [6.07, 6.45) is 0. The largest absolute Gasteiger partial charge is 0.465 e. The topological polar surface area (TPSA) is 67.9 Å². The number of esters is 1. The zero-order valence-electron chi connectivity index (χ0n) is 10.7. The lowest BCUT2D eigenvalue weighted by atomic mass is 9.98. The molecule has 1 unspecified atom stereocenters. The number of halogens is 1. The molecule has 0 saturated carbocycles. The van der Waals surface area contributed by atoms with Gasteiger partial charge in [-0.1, -0.05) is 28.1 Å².